The van der Waals surface area contributed by atoms with Gasteiger partial charge in [-0.1, -0.05) is 47.0 Å². The summed E-state index contributed by atoms with van der Waals surface area (Å²) in [4.78, 5) is 17.1. The molecule has 1 heterocycles. The Morgan fingerprint density at radius 1 is 1.04 bits per heavy atom. The molecule has 1 N–H and O–H groups in total. The van der Waals surface area contributed by atoms with Gasteiger partial charge >= 0.3 is 0 Å². The van der Waals surface area contributed by atoms with E-state index in [9.17, 15) is 4.79 Å². The molecule has 3 aromatic carbocycles. The molecule has 1 amide bonds. The van der Waals surface area contributed by atoms with Gasteiger partial charge in [0.1, 0.15) is 5.52 Å². The third-order valence-electron chi connectivity index (χ3n) is 4.40. The Labute approximate surface area is 172 Å². The van der Waals surface area contributed by atoms with E-state index >= 15 is 0 Å². The number of aryl methyl sites for hydroxylation is 2. The van der Waals surface area contributed by atoms with E-state index in [4.69, 9.17) is 27.6 Å². The third-order valence-corrected chi connectivity index (χ3v) is 4.90. The minimum atomic E-state index is -0.165. The number of hydrogen-bond donors (Lipinski definition) is 1. The Kier molecular flexibility index (Phi) is 4.84. The van der Waals surface area contributed by atoms with E-state index in [1.807, 2.05) is 56.3 Å². The number of amides is 1. The van der Waals surface area contributed by atoms with Crippen LogP contribution >= 0.6 is 23.2 Å². The number of benzene rings is 3. The molecule has 28 heavy (non-hydrogen) atoms. The Hall–Kier alpha value is -2.82. The van der Waals surface area contributed by atoms with Gasteiger partial charge in [0.2, 0.25) is 5.89 Å². The van der Waals surface area contributed by atoms with E-state index in [1.54, 1.807) is 12.1 Å². The largest absolute Gasteiger partial charge is 0.435 e. The van der Waals surface area contributed by atoms with E-state index in [0.717, 1.165) is 16.7 Å². The summed E-state index contributed by atoms with van der Waals surface area (Å²) in [7, 11) is 0. The van der Waals surface area contributed by atoms with Gasteiger partial charge in [-0.2, -0.15) is 0 Å². The standard InChI is InChI=1S/C22H16Cl2N2O2/c1-12-6-7-17(13(2)8-12)21(27)25-16-5-3-4-14(9-16)22-26-19-11-15(23)10-18(24)20(19)28-22/h3-11H,1-2H3,(H,25,27). The first kappa shape index (κ1) is 18.5. The normalized spacial score (nSPS) is 11.0. The van der Waals surface area contributed by atoms with Crippen molar-refractivity contribution in [2.24, 2.45) is 0 Å². The van der Waals surface area contributed by atoms with Crippen LogP contribution in [0.2, 0.25) is 10.0 Å². The van der Waals surface area contributed by atoms with Gasteiger partial charge in [-0.25, -0.2) is 4.98 Å². The molecule has 4 aromatic rings. The lowest BCUT2D eigenvalue weighted by atomic mass is 10.1. The molecule has 4 nitrogen and oxygen atoms in total. The van der Waals surface area contributed by atoms with E-state index in [0.29, 0.717) is 38.3 Å². The summed E-state index contributed by atoms with van der Waals surface area (Å²) in [5.74, 6) is 0.240. The number of hydrogen-bond acceptors (Lipinski definition) is 3. The van der Waals surface area contributed by atoms with Crippen molar-refractivity contribution in [3.05, 3.63) is 81.3 Å². The molecule has 0 bridgehead atoms. The quantitative estimate of drug-likeness (QED) is 0.410. The van der Waals surface area contributed by atoms with Gasteiger partial charge in [-0.05, 0) is 55.8 Å². The summed E-state index contributed by atoms with van der Waals surface area (Å²) < 4.78 is 5.80. The van der Waals surface area contributed by atoms with Crippen molar-refractivity contribution < 1.29 is 9.21 Å². The summed E-state index contributed by atoms with van der Waals surface area (Å²) in [5, 5.41) is 3.82. The summed E-state index contributed by atoms with van der Waals surface area (Å²) in [6, 6.07) is 16.4. The molecule has 6 heteroatoms. The van der Waals surface area contributed by atoms with Gasteiger partial charge < -0.3 is 9.73 Å². The highest BCUT2D eigenvalue weighted by Gasteiger charge is 2.14. The molecule has 0 atom stereocenters. The van der Waals surface area contributed by atoms with Crippen LogP contribution in [-0.4, -0.2) is 10.9 Å². The number of nitrogens with one attached hydrogen (secondary N) is 1. The Bertz CT molecular complexity index is 1210. The van der Waals surface area contributed by atoms with E-state index < -0.39 is 0 Å². The molecule has 0 spiro atoms. The SMILES string of the molecule is Cc1ccc(C(=O)Nc2cccc(-c3nc4cc(Cl)cc(Cl)c4o3)c2)c(C)c1. The van der Waals surface area contributed by atoms with Crippen LogP contribution in [0.5, 0.6) is 0 Å². The fourth-order valence-corrected chi connectivity index (χ4v) is 3.60. The molecule has 0 aliphatic rings. The average Bonchev–Trinajstić information content (AvgIpc) is 3.06. The number of anilines is 1. The number of carbonyl (C=O) groups excluding carboxylic acids is 1. The molecule has 1 aromatic heterocycles. The fraction of sp³-hybridized carbons (Fsp3) is 0.0909. The van der Waals surface area contributed by atoms with Gasteiger partial charge in [0.15, 0.2) is 5.58 Å². The van der Waals surface area contributed by atoms with Crippen molar-refractivity contribution in [3.8, 4) is 11.5 Å². The lowest BCUT2D eigenvalue weighted by Gasteiger charge is -2.09. The molecule has 0 fully saturated rings. The van der Waals surface area contributed by atoms with Crippen molar-refractivity contribution >= 4 is 45.9 Å². The second-order valence-corrected chi connectivity index (χ2v) is 7.45. The summed E-state index contributed by atoms with van der Waals surface area (Å²) in [6.07, 6.45) is 0. The smallest absolute Gasteiger partial charge is 0.255 e. The first-order valence-electron chi connectivity index (χ1n) is 8.65. The highest BCUT2D eigenvalue weighted by atomic mass is 35.5. The van der Waals surface area contributed by atoms with Gasteiger partial charge in [0.25, 0.3) is 5.91 Å². The van der Waals surface area contributed by atoms with Crippen LogP contribution in [0.4, 0.5) is 5.69 Å². The van der Waals surface area contributed by atoms with Crippen LogP contribution in [0.1, 0.15) is 21.5 Å². The number of fused-ring (bicyclic) bond motifs is 1. The topological polar surface area (TPSA) is 55.1 Å². The zero-order valence-corrected chi connectivity index (χ0v) is 16.7. The lowest BCUT2D eigenvalue weighted by Crippen LogP contribution is -2.13. The summed E-state index contributed by atoms with van der Waals surface area (Å²) >= 11 is 12.2. The zero-order chi connectivity index (χ0) is 19.8. The third kappa shape index (κ3) is 3.61. The maximum absolute atomic E-state index is 12.6. The summed E-state index contributed by atoms with van der Waals surface area (Å²) in [5.41, 5.74) is 5.11. The van der Waals surface area contributed by atoms with Gasteiger partial charge in [0.05, 0.1) is 5.02 Å². The second-order valence-electron chi connectivity index (χ2n) is 6.61. The maximum atomic E-state index is 12.6. The van der Waals surface area contributed by atoms with Crippen molar-refractivity contribution in [1.82, 2.24) is 4.98 Å². The molecule has 0 unspecified atom stereocenters. The van der Waals surface area contributed by atoms with Crippen LogP contribution in [0.25, 0.3) is 22.6 Å². The monoisotopic (exact) mass is 410 g/mol. The zero-order valence-electron chi connectivity index (χ0n) is 15.2. The average molecular weight is 411 g/mol. The van der Waals surface area contributed by atoms with Crippen molar-refractivity contribution in [3.63, 3.8) is 0 Å². The molecule has 0 radical (unpaired) electrons. The predicted molar refractivity (Wildman–Crippen MR) is 113 cm³/mol. The molecular formula is C22H16Cl2N2O2. The highest BCUT2D eigenvalue weighted by molar-refractivity contribution is 6.38. The number of halogens is 2. The first-order chi connectivity index (χ1) is 13.4. The number of carbonyl (C=O) groups is 1. The molecule has 140 valence electrons. The first-order valence-corrected chi connectivity index (χ1v) is 9.41. The Morgan fingerprint density at radius 3 is 2.64 bits per heavy atom. The number of rotatable bonds is 3. The van der Waals surface area contributed by atoms with Crippen molar-refractivity contribution in [2.45, 2.75) is 13.8 Å². The van der Waals surface area contributed by atoms with Gasteiger partial charge in [-0.3, -0.25) is 4.79 Å². The molecule has 0 saturated carbocycles. The van der Waals surface area contributed by atoms with Gasteiger partial charge in [-0.15, -0.1) is 0 Å². The minimum absolute atomic E-state index is 0.165. The van der Waals surface area contributed by atoms with Crippen LogP contribution in [0, 0.1) is 13.8 Å². The number of nitrogens with zero attached hydrogens (tertiary/aromatic N) is 1. The predicted octanol–water partition coefficient (Wildman–Crippen LogP) is 6.67. The molecule has 4 rings (SSSR count). The number of aromatic nitrogens is 1. The molecular weight excluding hydrogens is 395 g/mol. The van der Waals surface area contributed by atoms with Crippen molar-refractivity contribution in [2.75, 3.05) is 5.32 Å². The maximum Gasteiger partial charge on any atom is 0.255 e. The Morgan fingerprint density at radius 2 is 1.86 bits per heavy atom. The highest BCUT2D eigenvalue weighted by Crippen LogP contribution is 2.32. The van der Waals surface area contributed by atoms with Crippen LogP contribution in [0.3, 0.4) is 0 Å². The van der Waals surface area contributed by atoms with E-state index in [1.165, 1.54) is 0 Å². The van der Waals surface area contributed by atoms with Crippen LogP contribution in [-0.2, 0) is 0 Å². The summed E-state index contributed by atoms with van der Waals surface area (Å²) in [6.45, 7) is 3.92. The Balaban J connectivity index is 1.65. The van der Waals surface area contributed by atoms with Crippen LogP contribution in [0.15, 0.2) is 59.0 Å². The van der Waals surface area contributed by atoms with Crippen LogP contribution < -0.4 is 5.32 Å². The fourth-order valence-electron chi connectivity index (χ4n) is 3.08. The number of oxazole rings is 1. The second kappa shape index (κ2) is 7.30. The minimum Gasteiger partial charge on any atom is -0.435 e. The van der Waals surface area contributed by atoms with E-state index in [-0.39, 0.29) is 5.91 Å². The molecule has 0 aliphatic heterocycles. The molecule has 0 saturated heterocycles. The van der Waals surface area contributed by atoms with Gasteiger partial charge in [0, 0.05) is 21.8 Å². The molecule has 0 aliphatic carbocycles. The van der Waals surface area contributed by atoms with Crippen molar-refractivity contribution in [1.29, 1.82) is 0 Å². The van der Waals surface area contributed by atoms with E-state index in [2.05, 4.69) is 10.3 Å². The lowest BCUT2D eigenvalue weighted by molar-refractivity contribution is 0.102.